The Morgan fingerprint density at radius 1 is 0.935 bits per heavy atom. The van der Waals surface area contributed by atoms with E-state index in [1.807, 2.05) is 12.2 Å². The van der Waals surface area contributed by atoms with Crippen LogP contribution in [-0.4, -0.2) is 36.3 Å². The molecule has 7 heteroatoms. The number of hydrogen-bond donors (Lipinski definition) is 2. The largest absolute Gasteiger partial charge is 1.00 e. The maximum atomic E-state index is 11.9. The van der Waals surface area contributed by atoms with Crippen molar-refractivity contribution in [2.75, 3.05) is 13.5 Å². The summed E-state index contributed by atoms with van der Waals surface area (Å²) in [5.74, 6) is -2.96. The van der Waals surface area contributed by atoms with Gasteiger partial charge in [-0.25, -0.2) is 0 Å². The minimum Gasteiger partial charge on any atom is -0.548 e. The molecule has 0 fully saturated rings. The van der Waals surface area contributed by atoms with E-state index in [0.717, 1.165) is 25.7 Å². The second-order valence-corrected chi connectivity index (χ2v) is 6.84. The molecular weight excluding hydrogens is 401 g/mol. The summed E-state index contributed by atoms with van der Waals surface area (Å²) in [7, 11) is 0. The van der Waals surface area contributed by atoms with Gasteiger partial charge < -0.3 is 14.8 Å². The van der Waals surface area contributed by atoms with E-state index in [1.54, 1.807) is 0 Å². The van der Waals surface area contributed by atoms with E-state index < -0.39 is 31.4 Å². The molecule has 0 aromatic rings. The van der Waals surface area contributed by atoms with Crippen LogP contribution in [0.25, 0.3) is 0 Å². The number of carboxylic acid groups (broad SMARTS) is 1. The molecule has 0 saturated heterocycles. The molecule has 0 aromatic carbocycles. The number of carbonyl (C=O) groups excluding carboxylic acids is 2. The Kier molecular flexibility index (Phi) is 19.0. The van der Waals surface area contributed by atoms with Crippen LogP contribution in [0.2, 0.25) is 0 Å². The van der Waals surface area contributed by atoms with Crippen molar-refractivity contribution in [3.8, 4) is 0 Å². The van der Waals surface area contributed by atoms with Gasteiger partial charge in [-0.2, -0.15) is 0 Å². The summed E-state index contributed by atoms with van der Waals surface area (Å²) in [6.07, 6.45) is 25.9. The fourth-order valence-electron chi connectivity index (χ4n) is 2.41. The van der Waals surface area contributed by atoms with Gasteiger partial charge in [-0.15, -0.1) is 0 Å². The number of unbranched alkanes of at least 4 members (excludes halogenated alkanes) is 4. The minimum atomic E-state index is -2.86. The number of hydrogen-bond acceptors (Lipinski definition) is 4. The Hall–Kier alpha value is -1.63. The molecule has 0 heterocycles. The van der Waals surface area contributed by atoms with Gasteiger partial charge in [-0.3, -0.25) is 15.5 Å². The van der Waals surface area contributed by atoms with Gasteiger partial charge in [-0.05, 0) is 44.9 Å². The molecule has 0 rings (SSSR count). The Morgan fingerprint density at radius 2 is 1.45 bits per heavy atom. The maximum absolute atomic E-state index is 11.9. The van der Waals surface area contributed by atoms with Gasteiger partial charge in [0.05, 0.1) is 12.5 Å². The normalized spacial score (nSPS) is 13.3. The molecule has 0 aliphatic carbocycles. The van der Waals surface area contributed by atoms with Gasteiger partial charge in [0, 0.05) is 17.5 Å². The van der Waals surface area contributed by atoms with Crippen molar-refractivity contribution in [1.82, 2.24) is 10.2 Å². The third kappa shape index (κ3) is 22.9. The third-order valence-corrected chi connectivity index (χ3v) is 4.05. The number of rotatable bonds is 16. The number of nitrogens with zero attached hydrogens (tertiary/aromatic N) is 1. The quantitative estimate of drug-likeness (QED) is 0.122. The zero-order valence-electron chi connectivity index (χ0n) is 22.1. The first kappa shape index (κ1) is 25.6. The molecule has 0 aliphatic rings. The summed E-state index contributed by atoms with van der Waals surface area (Å²) in [6.45, 7) is -1.65. The van der Waals surface area contributed by atoms with Gasteiger partial charge in [0.1, 0.15) is 0 Å². The van der Waals surface area contributed by atoms with Crippen LogP contribution in [0.1, 0.15) is 75.2 Å². The topological polar surface area (TPSA) is 96.3 Å². The molecular formula is C24H38N3NaO3. The Bertz CT molecular complexity index is 705. The average molecular weight is 443 g/mol. The predicted octanol–water partition coefficient (Wildman–Crippen LogP) is 0.869. The molecule has 2 N–H and O–H groups in total. The smallest absolute Gasteiger partial charge is 0.548 e. The summed E-state index contributed by atoms with van der Waals surface area (Å²) < 4.78 is 21.8. The standard InChI is InChI=1S/C24H39N3O3.Na/c1-3-4-5-6-7-8-9-10-11-12-13-14-15-16-17-18-19-20-22(28)26-24(25)27(2)21-23(29)30;/h7-8,10-11,13-14,16-17H,3-6,9,12,15,18-21H2,1-2H3,(H,29,30)(H2,25,26,28);/q;+1/p-1/b8-7-,11-10-,14-13-,17-16-;/i2D3;. The second-order valence-electron chi connectivity index (χ2n) is 6.84. The van der Waals surface area contributed by atoms with Gasteiger partial charge in [0.15, 0.2) is 5.96 Å². The van der Waals surface area contributed by atoms with Crippen LogP contribution >= 0.6 is 0 Å². The zero-order chi connectivity index (χ0) is 25.0. The summed E-state index contributed by atoms with van der Waals surface area (Å²) >= 11 is 0. The van der Waals surface area contributed by atoms with Crippen LogP contribution in [0.5, 0.6) is 0 Å². The van der Waals surface area contributed by atoms with Crippen molar-refractivity contribution in [1.29, 1.82) is 5.41 Å². The number of amides is 1. The number of nitrogens with one attached hydrogen (secondary N) is 2. The Morgan fingerprint density at radius 3 is 1.94 bits per heavy atom. The van der Waals surface area contributed by atoms with E-state index >= 15 is 0 Å². The van der Waals surface area contributed by atoms with Crippen molar-refractivity contribution in [2.45, 2.75) is 71.1 Å². The maximum Gasteiger partial charge on any atom is 1.00 e. The molecule has 0 spiro atoms. The van der Waals surface area contributed by atoms with Crippen molar-refractivity contribution in [3.63, 3.8) is 0 Å². The first-order valence-corrected chi connectivity index (χ1v) is 10.6. The minimum absolute atomic E-state index is 0. The summed E-state index contributed by atoms with van der Waals surface area (Å²) in [5, 5.41) is 20.4. The van der Waals surface area contributed by atoms with Crippen molar-refractivity contribution in [2.24, 2.45) is 0 Å². The molecule has 0 radical (unpaired) electrons. The third-order valence-electron chi connectivity index (χ3n) is 4.05. The first-order valence-electron chi connectivity index (χ1n) is 12.1. The van der Waals surface area contributed by atoms with Gasteiger partial charge in [0.2, 0.25) is 5.91 Å². The zero-order valence-corrected chi connectivity index (χ0v) is 21.1. The van der Waals surface area contributed by atoms with E-state index in [-0.39, 0.29) is 36.0 Å². The Balaban J connectivity index is 0. The van der Waals surface area contributed by atoms with E-state index in [4.69, 9.17) is 9.52 Å². The molecule has 0 atom stereocenters. The fraction of sp³-hybridized carbons (Fsp3) is 0.542. The molecule has 6 nitrogen and oxygen atoms in total. The van der Waals surface area contributed by atoms with Gasteiger partial charge in [0.25, 0.3) is 0 Å². The predicted molar refractivity (Wildman–Crippen MR) is 122 cm³/mol. The van der Waals surface area contributed by atoms with E-state index in [1.165, 1.54) is 19.3 Å². The summed E-state index contributed by atoms with van der Waals surface area (Å²) in [4.78, 5) is 22.8. The molecule has 168 valence electrons. The second kappa shape index (κ2) is 23.0. The van der Waals surface area contributed by atoms with Crippen LogP contribution in [0.4, 0.5) is 0 Å². The monoisotopic (exact) mass is 442 g/mol. The van der Waals surface area contributed by atoms with E-state index in [9.17, 15) is 14.7 Å². The SMILES string of the molecule is [2H]C([2H])([2H])N(CC(=O)[O-])C(=N)NC(=O)CCC/C=C\C/C=C\C/C=C\C/C=C\CCCCC.[Na+]. The molecule has 1 amide bonds. The number of carbonyl (C=O) groups is 2. The molecule has 0 aromatic heterocycles. The van der Waals surface area contributed by atoms with Crippen LogP contribution in [0.15, 0.2) is 48.6 Å². The fourth-order valence-corrected chi connectivity index (χ4v) is 2.41. The Labute approximate surface area is 214 Å². The van der Waals surface area contributed by atoms with Gasteiger partial charge >= 0.3 is 29.6 Å². The van der Waals surface area contributed by atoms with Gasteiger partial charge in [-0.1, -0.05) is 68.4 Å². The van der Waals surface area contributed by atoms with Crippen molar-refractivity contribution >= 4 is 17.8 Å². The van der Waals surface area contributed by atoms with E-state index in [0.29, 0.717) is 17.7 Å². The number of likely N-dealkylation sites (N-methyl/N-ethyl adjacent to an activating group) is 1. The van der Waals surface area contributed by atoms with E-state index in [2.05, 4.69) is 48.7 Å². The number of guanidine groups is 1. The van der Waals surface area contributed by atoms with Crippen molar-refractivity contribution < 1.29 is 48.4 Å². The molecule has 31 heavy (non-hydrogen) atoms. The average Bonchev–Trinajstić information content (AvgIpc) is 2.73. The first-order chi connectivity index (χ1) is 15.7. The summed E-state index contributed by atoms with van der Waals surface area (Å²) in [6, 6.07) is 0. The molecule has 0 unspecified atom stereocenters. The van der Waals surface area contributed by atoms with Crippen LogP contribution < -0.4 is 40.0 Å². The number of allylic oxidation sites excluding steroid dienone is 8. The molecule has 0 bridgehead atoms. The number of aliphatic carboxylic acids is 1. The summed E-state index contributed by atoms with van der Waals surface area (Å²) in [5.41, 5.74) is 0. The van der Waals surface area contributed by atoms with Crippen molar-refractivity contribution in [3.05, 3.63) is 48.6 Å². The van der Waals surface area contributed by atoms with Crippen LogP contribution in [0.3, 0.4) is 0 Å². The molecule has 0 aliphatic heterocycles. The molecule has 0 saturated carbocycles. The van der Waals surface area contributed by atoms with Crippen LogP contribution in [-0.2, 0) is 9.59 Å². The van der Waals surface area contributed by atoms with Crippen LogP contribution in [0, 0.1) is 5.41 Å². The number of carboxylic acids is 1.